The summed E-state index contributed by atoms with van der Waals surface area (Å²) in [5.41, 5.74) is 1.70. The summed E-state index contributed by atoms with van der Waals surface area (Å²) in [6, 6.07) is 8.69. The fourth-order valence-electron chi connectivity index (χ4n) is 4.69. The Morgan fingerprint density at radius 3 is 2.62 bits per heavy atom. The third-order valence-corrected chi connectivity index (χ3v) is 8.80. The van der Waals surface area contributed by atoms with Crippen LogP contribution in [-0.4, -0.2) is 49.8 Å². The van der Waals surface area contributed by atoms with Crippen LogP contribution in [0.1, 0.15) is 45.7 Å². The summed E-state index contributed by atoms with van der Waals surface area (Å²) >= 11 is 1.13. The lowest BCUT2D eigenvalue weighted by Crippen LogP contribution is -2.48. The van der Waals surface area contributed by atoms with Crippen molar-refractivity contribution in [2.45, 2.75) is 36.2 Å². The maximum Gasteiger partial charge on any atom is 0.355 e. The van der Waals surface area contributed by atoms with Crippen molar-refractivity contribution in [1.82, 2.24) is 14.8 Å². The normalized spacial score (nSPS) is 16.4. The van der Waals surface area contributed by atoms with E-state index in [1.54, 1.807) is 16.8 Å². The first-order chi connectivity index (χ1) is 20.1. The summed E-state index contributed by atoms with van der Waals surface area (Å²) in [4.78, 5) is 15.7. The van der Waals surface area contributed by atoms with Gasteiger partial charge in [-0.2, -0.15) is 5.10 Å². The third-order valence-electron chi connectivity index (χ3n) is 7.14. The van der Waals surface area contributed by atoms with Gasteiger partial charge in [0.05, 0.1) is 30.2 Å². The predicted molar refractivity (Wildman–Crippen MR) is 152 cm³/mol. The zero-order chi connectivity index (χ0) is 29.6. The van der Waals surface area contributed by atoms with E-state index in [2.05, 4.69) is 16.8 Å². The topological polar surface area (TPSA) is 141 Å². The van der Waals surface area contributed by atoms with Gasteiger partial charge in [0.1, 0.15) is 5.82 Å². The number of carbonyl (C=O) groups is 1. The highest BCUT2D eigenvalue weighted by Gasteiger charge is 2.34. The van der Waals surface area contributed by atoms with Gasteiger partial charge in [0, 0.05) is 22.9 Å². The molecule has 9 nitrogen and oxygen atoms in total. The van der Waals surface area contributed by atoms with Gasteiger partial charge in [0.2, 0.25) is 10.0 Å². The fourth-order valence-corrected chi connectivity index (χ4v) is 5.96. The fraction of sp³-hybridized carbons (Fsp3) is 0.276. The van der Waals surface area contributed by atoms with E-state index < -0.39 is 34.2 Å². The molecule has 2 fully saturated rings. The average Bonchev–Trinajstić information content (AvgIpc) is 3.49. The van der Waals surface area contributed by atoms with E-state index in [4.69, 9.17) is 15.0 Å². The van der Waals surface area contributed by atoms with E-state index in [0.717, 1.165) is 35.4 Å². The Hall–Kier alpha value is -3.80. The number of aromatic nitrogens is 3. The number of thiol groups is 1. The van der Waals surface area contributed by atoms with Gasteiger partial charge in [-0.3, -0.25) is 0 Å². The van der Waals surface area contributed by atoms with Crippen molar-refractivity contribution in [3.05, 3.63) is 81.5 Å². The van der Waals surface area contributed by atoms with Crippen LogP contribution in [-0.2, 0) is 32.8 Å². The number of halogens is 2. The van der Waals surface area contributed by atoms with Crippen LogP contribution in [0.15, 0.2) is 46.7 Å². The minimum Gasteiger partial charge on any atom is -0.476 e. The Balaban J connectivity index is 1.50. The van der Waals surface area contributed by atoms with Crippen molar-refractivity contribution >= 4 is 28.3 Å². The van der Waals surface area contributed by atoms with Crippen LogP contribution in [0.25, 0.3) is 16.4 Å². The Kier molecular flexibility index (Phi) is 7.50. The number of rotatable bonds is 8. The summed E-state index contributed by atoms with van der Waals surface area (Å²) in [7, 11) is -2.36. The van der Waals surface area contributed by atoms with Crippen molar-refractivity contribution in [2.24, 2.45) is 11.1 Å². The van der Waals surface area contributed by atoms with E-state index in [1.807, 2.05) is 0 Å². The largest absolute Gasteiger partial charge is 0.476 e. The molecule has 1 saturated heterocycles. The lowest BCUT2D eigenvalue weighted by atomic mass is 9.96. The Labute approximate surface area is 245 Å². The number of nitrogens with zero attached hydrogens (tertiary/aromatic N) is 3. The molecule has 0 bridgehead atoms. The van der Waals surface area contributed by atoms with Crippen LogP contribution >= 0.6 is 11.3 Å². The molecule has 3 heterocycles. The van der Waals surface area contributed by atoms with E-state index in [0.29, 0.717) is 34.3 Å². The number of carboxylic acids is 1. The van der Waals surface area contributed by atoms with Crippen molar-refractivity contribution in [2.75, 3.05) is 13.2 Å². The number of hydrogen-bond donors (Lipinski definition) is 3. The molecule has 216 valence electrons. The van der Waals surface area contributed by atoms with Gasteiger partial charge < -0.3 is 14.9 Å². The van der Waals surface area contributed by atoms with Crippen LogP contribution in [0.5, 0.6) is 0 Å². The highest BCUT2D eigenvalue weighted by Crippen LogP contribution is 2.38. The van der Waals surface area contributed by atoms with Crippen LogP contribution in [0.2, 0.25) is 0 Å². The monoisotopic (exact) mass is 611 g/mol. The maximum atomic E-state index is 14.8. The summed E-state index contributed by atoms with van der Waals surface area (Å²) in [6.07, 6.45) is 2.89. The molecule has 42 heavy (non-hydrogen) atoms. The molecule has 2 aromatic carbocycles. The predicted octanol–water partition coefficient (Wildman–Crippen LogP) is 3.56. The highest BCUT2D eigenvalue weighted by molar-refractivity contribution is 7.82. The smallest absolute Gasteiger partial charge is 0.355 e. The van der Waals surface area contributed by atoms with Gasteiger partial charge in [0.25, 0.3) is 0 Å². The molecule has 6 rings (SSSR count). The van der Waals surface area contributed by atoms with E-state index in [-0.39, 0.29) is 35.8 Å². The molecule has 1 aliphatic carbocycles. The van der Waals surface area contributed by atoms with Gasteiger partial charge >= 0.3 is 5.97 Å². The number of aliphatic hydroxyl groups is 1. The zero-order valence-corrected chi connectivity index (χ0v) is 23.7. The molecule has 1 atom stereocenters. The molecule has 1 unspecified atom stereocenters. The van der Waals surface area contributed by atoms with E-state index in [1.165, 1.54) is 29.6 Å². The molecule has 0 radical (unpaired) electrons. The van der Waals surface area contributed by atoms with Crippen LogP contribution < -0.4 is 5.14 Å². The standard InChI is InChI=1S/C29H24F2N4O5S2/c30-21-5-4-19(12-18(21)7-8-29(38)14-40-15-29)26-20(9-17-3-6-25(42(32)39)22(31)10-17)24(11-16-1-2-16)35(34-26)28-33-23(13-41-28)27(36)37/h3-6,10,12-13,16,38H,1-2,9,11,14-15H2,(H2,32,39)(H,36,37)/p+1. The number of nitrogens with two attached hydrogens (primary N) is 1. The summed E-state index contributed by atoms with van der Waals surface area (Å²) in [5.74, 6) is 3.36. The molecule has 2 aliphatic rings. The van der Waals surface area contributed by atoms with Crippen LogP contribution in [0.4, 0.5) is 8.78 Å². The lowest BCUT2D eigenvalue weighted by molar-refractivity contribution is -0.140. The van der Waals surface area contributed by atoms with Crippen molar-refractivity contribution in [1.29, 1.82) is 0 Å². The number of aromatic carboxylic acids is 1. The minimum atomic E-state index is -2.36. The molecule has 1 aliphatic heterocycles. The first-order valence-corrected chi connectivity index (χ1v) is 15.2. The molecule has 0 spiro atoms. The highest BCUT2D eigenvalue weighted by atomic mass is 32.2. The first kappa shape index (κ1) is 28.3. The van der Waals surface area contributed by atoms with Crippen molar-refractivity contribution < 1.29 is 32.7 Å². The van der Waals surface area contributed by atoms with Gasteiger partial charge in [-0.25, -0.2) is 23.2 Å². The molecule has 4 aromatic rings. The van der Waals surface area contributed by atoms with E-state index >= 15 is 0 Å². The van der Waals surface area contributed by atoms with Gasteiger partial charge in [-0.15, -0.1) is 16.5 Å². The molecule has 0 amide bonds. The minimum absolute atomic E-state index is 0.0420. The third kappa shape index (κ3) is 5.77. The Morgan fingerprint density at radius 1 is 1.21 bits per heavy atom. The van der Waals surface area contributed by atoms with Crippen LogP contribution in [0.3, 0.4) is 0 Å². The quantitative estimate of drug-likeness (QED) is 0.157. The second-order valence-corrected chi connectivity index (χ2v) is 12.4. The number of benzene rings is 2. The molecular weight excluding hydrogens is 586 g/mol. The Morgan fingerprint density at radius 2 is 2.00 bits per heavy atom. The lowest BCUT2D eigenvalue weighted by Gasteiger charge is -2.30. The van der Waals surface area contributed by atoms with Crippen molar-refractivity contribution in [3.63, 3.8) is 0 Å². The molecule has 13 heteroatoms. The molecule has 1 saturated carbocycles. The number of hydrogen-bond acceptors (Lipinski definition) is 7. The molecule has 4 N–H and O–H groups in total. The van der Waals surface area contributed by atoms with Crippen LogP contribution in [0, 0.1) is 29.4 Å². The first-order valence-electron chi connectivity index (χ1n) is 13.0. The molecule has 2 aromatic heterocycles. The van der Waals surface area contributed by atoms with Gasteiger partial charge in [0.15, 0.2) is 28.1 Å². The number of thiazole rings is 1. The molecular formula is C29H25F2N4O5S2+. The second-order valence-electron chi connectivity index (χ2n) is 10.4. The average molecular weight is 612 g/mol. The zero-order valence-electron chi connectivity index (χ0n) is 22.0. The maximum absolute atomic E-state index is 14.8. The van der Waals surface area contributed by atoms with E-state index in [9.17, 15) is 28.0 Å². The number of ether oxygens (including phenoxy) is 1. The van der Waals surface area contributed by atoms with Gasteiger partial charge in [-0.05, 0) is 61.1 Å². The summed E-state index contributed by atoms with van der Waals surface area (Å²) in [6.45, 7) is 0.0839. The SMILES string of the molecule is N[SH+](=O)c1ccc(Cc2c(-c3ccc(F)c(C#CC4(O)COC4)c3)nn(-c3nc(C(=O)O)cs3)c2CC2CC2)cc1F. The Bertz CT molecular complexity index is 1800. The number of carboxylic acid groups (broad SMARTS) is 1. The van der Waals surface area contributed by atoms with Gasteiger partial charge in [-0.1, -0.05) is 22.1 Å². The van der Waals surface area contributed by atoms with Crippen molar-refractivity contribution in [3.8, 4) is 28.2 Å². The summed E-state index contributed by atoms with van der Waals surface area (Å²) < 4.78 is 47.9. The summed E-state index contributed by atoms with van der Waals surface area (Å²) in [5, 5.41) is 31.8. The second kappa shape index (κ2) is 11.1.